The van der Waals surface area contributed by atoms with Crippen LogP contribution in [-0.4, -0.2) is 29.8 Å². The normalized spacial score (nSPS) is 14.9. The lowest BCUT2D eigenvalue weighted by Crippen LogP contribution is -2.42. The van der Waals surface area contributed by atoms with E-state index in [4.69, 9.17) is 11.6 Å². The van der Waals surface area contributed by atoms with Gasteiger partial charge in [0.2, 0.25) is 5.91 Å². The third-order valence-corrected chi connectivity index (χ3v) is 4.88. The Kier molecular flexibility index (Phi) is 5.89. The second-order valence-electron chi connectivity index (χ2n) is 6.42. The van der Waals surface area contributed by atoms with Crippen molar-refractivity contribution in [3.05, 3.63) is 70.5 Å². The summed E-state index contributed by atoms with van der Waals surface area (Å²) in [6.07, 6.45) is 1.25. The van der Waals surface area contributed by atoms with Crippen LogP contribution in [0, 0.1) is 11.7 Å². The fraction of sp³-hybridized carbons (Fsp3) is 0.300. The number of rotatable bonds is 4. The van der Waals surface area contributed by atoms with Crippen LogP contribution in [0.15, 0.2) is 48.5 Å². The number of hydrogen-bond acceptors (Lipinski definition) is 2. The fourth-order valence-electron chi connectivity index (χ4n) is 3.06. The summed E-state index contributed by atoms with van der Waals surface area (Å²) in [5.41, 5.74) is 1.46. The zero-order chi connectivity index (χ0) is 18.5. The molecule has 1 saturated heterocycles. The number of nitrogens with zero attached hydrogens (tertiary/aromatic N) is 1. The third-order valence-electron chi connectivity index (χ3n) is 4.62. The number of nitrogens with one attached hydrogen (secondary N) is 1. The van der Waals surface area contributed by atoms with Crippen molar-refractivity contribution in [2.45, 2.75) is 19.4 Å². The van der Waals surface area contributed by atoms with Crippen LogP contribution in [-0.2, 0) is 11.3 Å². The van der Waals surface area contributed by atoms with Gasteiger partial charge in [-0.15, -0.1) is 0 Å². The predicted octanol–water partition coefficient (Wildman–Crippen LogP) is 3.65. The lowest BCUT2D eigenvalue weighted by molar-refractivity contribution is -0.126. The molecule has 1 fully saturated rings. The van der Waals surface area contributed by atoms with Crippen LogP contribution in [0.1, 0.15) is 28.8 Å². The summed E-state index contributed by atoms with van der Waals surface area (Å²) in [6.45, 7) is 1.51. The molecule has 0 aromatic heterocycles. The van der Waals surface area contributed by atoms with Crippen molar-refractivity contribution in [1.29, 1.82) is 0 Å². The highest BCUT2D eigenvalue weighted by molar-refractivity contribution is 6.30. The zero-order valence-electron chi connectivity index (χ0n) is 14.3. The molecule has 0 radical (unpaired) electrons. The molecule has 1 N–H and O–H groups in total. The second-order valence-corrected chi connectivity index (χ2v) is 6.85. The van der Waals surface area contributed by atoms with E-state index in [1.165, 1.54) is 24.3 Å². The predicted molar refractivity (Wildman–Crippen MR) is 98.3 cm³/mol. The molecule has 0 unspecified atom stereocenters. The van der Waals surface area contributed by atoms with E-state index in [-0.39, 0.29) is 23.5 Å². The summed E-state index contributed by atoms with van der Waals surface area (Å²) in [6, 6.07) is 12.9. The minimum absolute atomic E-state index is 0.00818. The molecule has 136 valence electrons. The fourth-order valence-corrected chi connectivity index (χ4v) is 3.18. The van der Waals surface area contributed by atoms with Gasteiger partial charge < -0.3 is 10.2 Å². The number of benzene rings is 2. The first kappa shape index (κ1) is 18.4. The number of carbonyl (C=O) groups is 2. The van der Waals surface area contributed by atoms with Crippen molar-refractivity contribution in [2.24, 2.45) is 5.92 Å². The summed E-state index contributed by atoms with van der Waals surface area (Å²) < 4.78 is 13.0. The highest BCUT2D eigenvalue weighted by Crippen LogP contribution is 2.20. The summed E-state index contributed by atoms with van der Waals surface area (Å²) in [5, 5.41) is 3.61. The molecule has 0 aliphatic carbocycles. The maximum absolute atomic E-state index is 13.0. The van der Waals surface area contributed by atoms with Gasteiger partial charge in [-0.05, 0) is 54.8 Å². The van der Waals surface area contributed by atoms with Crippen molar-refractivity contribution in [3.63, 3.8) is 0 Å². The number of halogens is 2. The van der Waals surface area contributed by atoms with E-state index in [1.807, 2.05) is 12.1 Å². The van der Waals surface area contributed by atoms with Gasteiger partial charge in [-0.25, -0.2) is 4.39 Å². The standard InChI is InChI=1S/C20H20ClFN2O2/c21-17-5-1-14(2-6-17)13-23-19(25)15-9-11-24(12-10-15)20(26)16-3-7-18(22)8-4-16/h1-8,15H,9-13H2,(H,23,25). The average molecular weight is 375 g/mol. The third kappa shape index (κ3) is 4.61. The summed E-state index contributed by atoms with van der Waals surface area (Å²) in [5.74, 6) is -0.573. The smallest absolute Gasteiger partial charge is 0.253 e. The molecule has 26 heavy (non-hydrogen) atoms. The highest BCUT2D eigenvalue weighted by atomic mass is 35.5. The number of hydrogen-bond donors (Lipinski definition) is 1. The molecule has 0 saturated carbocycles. The minimum atomic E-state index is -0.363. The number of piperidine rings is 1. The van der Waals surface area contributed by atoms with Gasteiger partial charge in [0, 0.05) is 36.1 Å². The quantitative estimate of drug-likeness (QED) is 0.888. The Balaban J connectivity index is 1.48. The Morgan fingerprint density at radius 2 is 1.65 bits per heavy atom. The van der Waals surface area contributed by atoms with Gasteiger partial charge in [0.25, 0.3) is 5.91 Å². The van der Waals surface area contributed by atoms with Crippen LogP contribution in [0.4, 0.5) is 4.39 Å². The monoisotopic (exact) mass is 374 g/mol. The first-order valence-corrected chi connectivity index (χ1v) is 8.98. The van der Waals surface area contributed by atoms with E-state index in [0.29, 0.717) is 43.1 Å². The first-order chi connectivity index (χ1) is 12.5. The van der Waals surface area contributed by atoms with Crippen LogP contribution in [0.25, 0.3) is 0 Å². The van der Waals surface area contributed by atoms with Crippen LogP contribution >= 0.6 is 11.6 Å². The van der Waals surface area contributed by atoms with Crippen molar-refractivity contribution in [3.8, 4) is 0 Å². The lowest BCUT2D eigenvalue weighted by atomic mass is 9.95. The highest BCUT2D eigenvalue weighted by Gasteiger charge is 2.27. The number of likely N-dealkylation sites (tertiary alicyclic amines) is 1. The maximum atomic E-state index is 13.0. The Labute approximate surface area is 157 Å². The molecule has 2 aromatic carbocycles. The van der Waals surface area contributed by atoms with Gasteiger partial charge in [0.1, 0.15) is 5.82 Å². The molecular formula is C20H20ClFN2O2. The van der Waals surface area contributed by atoms with E-state index in [1.54, 1.807) is 17.0 Å². The van der Waals surface area contributed by atoms with Crippen LogP contribution in [0.3, 0.4) is 0 Å². The SMILES string of the molecule is O=C(NCc1ccc(Cl)cc1)C1CCN(C(=O)c2ccc(F)cc2)CC1. The summed E-state index contributed by atoms with van der Waals surface area (Å²) >= 11 is 5.85. The van der Waals surface area contributed by atoms with Crippen molar-refractivity contribution in [2.75, 3.05) is 13.1 Å². The van der Waals surface area contributed by atoms with E-state index >= 15 is 0 Å². The molecule has 6 heteroatoms. The van der Waals surface area contributed by atoms with E-state index in [2.05, 4.69) is 5.32 Å². The molecule has 2 amide bonds. The number of carbonyl (C=O) groups excluding carboxylic acids is 2. The Morgan fingerprint density at radius 3 is 2.27 bits per heavy atom. The van der Waals surface area contributed by atoms with Crippen LogP contribution < -0.4 is 5.32 Å². The molecule has 3 rings (SSSR count). The molecule has 0 bridgehead atoms. The topological polar surface area (TPSA) is 49.4 Å². The first-order valence-electron chi connectivity index (χ1n) is 8.60. The molecule has 1 heterocycles. The van der Waals surface area contributed by atoms with E-state index < -0.39 is 0 Å². The van der Waals surface area contributed by atoms with Crippen LogP contribution in [0.2, 0.25) is 5.02 Å². The van der Waals surface area contributed by atoms with Gasteiger partial charge in [0.05, 0.1) is 0 Å². The van der Waals surface area contributed by atoms with E-state index in [0.717, 1.165) is 5.56 Å². The zero-order valence-corrected chi connectivity index (χ0v) is 15.0. The van der Waals surface area contributed by atoms with Crippen molar-refractivity contribution < 1.29 is 14.0 Å². The molecule has 2 aromatic rings. The Morgan fingerprint density at radius 1 is 1.04 bits per heavy atom. The molecule has 0 spiro atoms. The lowest BCUT2D eigenvalue weighted by Gasteiger charge is -2.31. The molecular weight excluding hydrogens is 355 g/mol. The molecule has 1 aliphatic heterocycles. The minimum Gasteiger partial charge on any atom is -0.352 e. The van der Waals surface area contributed by atoms with Gasteiger partial charge in [-0.3, -0.25) is 9.59 Å². The van der Waals surface area contributed by atoms with Crippen molar-refractivity contribution in [1.82, 2.24) is 10.2 Å². The van der Waals surface area contributed by atoms with Crippen LogP contribution in [0.5, 0.6) is 0 Å². The summed E-state index contributed by atoms with van der Waals surface area (Å²) in [4.78, 5) is 26.5. The molecule has 1 aliphatic rings. The van der Waals surface area contributed by atoms with Crippen molar-refractivity contribution >= 4 is 23.4 Å². The second kappa shape index (κ2) is 8.32. The van der Waals surface area contributed by atoms with Gasteiger partial charge >= 0.3 is 0 Å². The largest absolute Gasteiger partial charge is 0.352 e. The number of amides is 2. The maximum Gasteiger partial charge on any atom is 0.253 e. The Bertz CT molecular complexity index is 769. The van der Waals surface area contributed by atoms with E-state index in [9.17, 15) is 14.0 Å². The van der Waals surface area contributed by atoms with Gasteiger partial charge in [-0.1, -0.05) is 23.7 Å². The van der Waals surface area contributed by atoms with Gasteiger partial charge in [0.15, 0.2) is 0 Å². The molecule has 0 atom stereocenters. The Hall–Kier alpha value is -2.40. The average Bonchev–Trinajstić information content (AvgIpc) is 2.67. The van der Waals surface area contributed by atoms with Gasteiger partial charge in [-0.2, -0.15) is 0 Å². The summed E-state index contributed by atoms with van der Waals surface area (Å²) in [7, 11) is 0. The molecule has 4 nitrogen and oxygen atoms in total.